The van der Waals surface area contributed by atoms with Crippen LogP contribution >= 0.6 is 0 Å². The van der Waals surface area contributed by atoms with Gasteiger partial charge in [0, 0.05) is 30.4 Å². The number of carbonyl (C=O) groups excluding carboxylic acids is 2. The Morgan fingerprint density at radius 3 is 2.15 bits per heavy atom. The molecule has 5 nitrogen and oxygen atoms in total. The number of nitrogens with zero attached hydrogens (tertiary/aromatic N) is 1. The Balaban J connectivity index is 1.86. The fourth-order valence-electron chi connectivity index (χ4n) is 2.70. The second kappa shape index (κ2) is 9.73. The number of anilines is 1. The lowest BCUT2D eigenvalue weighted by Gasteiger charge is -2.18. The molecular weight excluding hydrogens is 326 g/mol. The summed E-state index contributed by atoms with van der Waals surface area (Å²) in [6, 6.07) is 17.1. The molecule has 1 atom stereocenters. The molecule has 26 heavy (non-hydrogen) atoms. The summed E-state index contributed by atoms with van der Waals surface area (Å²) in [4.78, 5) is 26.2. The highest BCUT2D eigenvalue weighted by Crippen LogP contribution is 2.13. The number of nitrogens with one attached hydrogen (secondary N) is 2. The van der Waals surface area contributed by atoms with E-state index in [2.05, 4.69) is 10.6 Å². The van der Waals surface area contributed by atoms with E-state index < -0.39 is 0 Å². The van der Waals surface area contributed by atoms with Gasteiger partial charge in [-0.25, -0.2) is 0 Å². The lowest BCUT2D eigenvalue weighted by molar-refractivity contribution is -0.115. The molecule has 1 unspecified atom stereocenters. The zero-order valence-corrected chi connectivity index (χ0v) is 15.7. The zero-order valence-electron chi connectivity index (χ0n) is 15.7. The molecule has 138 valence electrons. The Labute approximate surface area is 155 Å². The van der Waals surface area contributed by atoms with Gasteiger partial charge in [0.2, 0.25) is 5.91 Å². The van der Waals surface area contributed by atoms with Crippen LogP contribution in [-0.4, -0.2) is 36.3 Å². The molecule has 0 saturated heterocycles. The van der Waals surface area contributed by atoms with E-state index in [-0.39, 0.29) is 24.4 Å². The number of benzene rings is 2. The summed E-state index contributed by atoms with van der Waals surface area (Å²) >= 11 is 0. The van der Waals surface area contributed by atoms with Gasteiger partial charge in [-0.2, -0.15) is 0 Å². The smallest absolute Gasteiger partial charge is 0.253 e. The van der Waals surface area contributed by atoms with E-state index in [0.29, 0.717) is 24.3 Å². The van der Waals surface area contributed by atoms with Crippen molar-refractivity contribution in [1.29, 1.82) is 0 Å². The molecule has 0 aliphatic rings. The lowest BCUT2D eigenvalue weighted by Crippen LogP contribution is -2.31. The van der Waals surface area contributed by atoms with Crippen LogP contribution in [0.3, 0.4) is 0 Å². The third kappa shape index (κ3) is 5.43. The van der Waals surface area contributed by atoms with Gasteiger partial charge in [-0.3, -0.25) is 9.59 Å². The van der Waals surface area contributed by atoms with Crippen molar-refractivity contribution >= 4 is 17.5 Å². The molecule has 0 heterocycles. The molecule has 2 rings (SSSR count). The number of hydrogen-bond donors (Lipinski definition) is 2. The van der Waals surface area contributed by atoms with Crippen LogP contribution in [0, 0.1) is 0 Å². The topological polar surface area (TPSA) is 61.4 Å². The van der Waals surface area contributed by atoms with Crippen LogP contribution in [0.4, 0.5) is 5.69 Å². The largest absolute Gasteiger partial charge is 0.339 e. The monoisotopic (exact) mass is 353 g/mol. The standard InChI is InChI=1S/C21H27N3O2/c1-4-24(5-2)21(26)18-11-13-19(14-12-18)23-20(25)15-22-16(3)17-9-7-6-8-10-17/h6-14,16,22H,4-5,15H2,1-3H3,(H,23,25). The molecule has 2 amide bonds. The zero-order chi connectivity index (χ0) is 18.9. The Hall–Kier alpha value is -2.66. The van der Waals surface area contributed by atoms with E-state index in [4.69, 9.17) is 0 Å². The van der Waals surface area contributed by atoms with Crippen LogP contribution in [0.5, 0.6) is 0 Å². The van der Waals surface area contributed by atoms with Crippen molar-refractivity contribution in [3.05, 3.63) is 65.7 Å². The van der Waals surface area contributed by atoms with Gasteiger partial charge in [-0.05, 0) is 50.6 Å². The van der Waals surface area contributed by atoms with E-state index in [1.54, 1.807) is 29.2 Å². The molecule has 0 bridgehead atoms. The van der Waals surface area contributed by atoms with Gasteiger partial charge in [0.25, 0.3) is 5.91 Å². The summed E-state index contributed by atoms with van der Waals surface area (Å²) in [6.07, 6.45) is 0. The highest BCUT2D eigenvalue weighted by atomic mass is 16.2. The molecule has 0 aliphatic heterocycles. The van der Waals surface area contributed by atoms with Crippen LogP contribution in [0.1, 0.15) is 42.7 Å². The predicted octanol–water partition coefficient (Wildman–Crippen LogP) is 3.46. The molecule has 0 aliphatic carbocycles. The third-order valence-corrected chi connectivity index (χ3v) is 4.33. The van der Waals surface area contributed by atoms with Gasteiger partial charge in [-0.15, -0.1) is 0 Å². The van der Waals surface area contributed by atoms with Crippen LogP contribution < -0.4 is 10.6 Å². The summed E-state index contributed by atoms with van der Waals surface area (Å²) in [5, 5.41) is 6.05. The fourth-order valence-corrected chi connectivity index (χ4v) is 2.70. The van der Waals surface area contributed by atoms with E-state index in [1.165, 1.54) is 0 Å². The molecule has 0 fully saturated rings. The molecule has 2 aromatic carbocycles. The quantitative estimate of drug-likeness (QED) is 0.764. The second-order valence-electron chi connectivity index (χ2n) is 6.12. The van der Waals surface area contributed by atoms with Gasteiger partial charge in [0.05, 0.1) is 6.54 Å². The lowest BCUT2D eigenvalue weighted by atomic mass is 10.1. The first-order chi connectivity index (χ1) is 12.5. The molecule has 0 saturated carbocycles. The Morgan fingerprint density at radius 2 is 1.58 bits per heavy atom. The van der Waals surface area contributed by atoms with Crippen molar-refractivity contribution in [2.24, 2.45) is 0 Å². The highest BCUT2D eigenvalue weighted by molar-refractivity contribution is 5.96. The average molecular weight is 353 g/mol. The van der Waals surface area contributed by atoms with Crippen molar-refractivity contribution in [1.82, 2.24) is 10.2 Å². The van der Waals surface area contributed by atoms with Crippen molar-refractivity contribution in [2.45, 2.75) is 26.8 Å². The van der Waals surface area contributed by atoms with Crippen molar-refractivity contribution in [2.75, 3.05) is 25.0 Å². The van der Waals surface area contributed by atoms with Gasteiger partial charge in [-0.1, -0.05) is 30.3 Å². The Bertz CT molecular complexity index is 710. The van der Waals surface area contributed by atoms with Crippen molar-refractivity contribution in [3.8, 4) is 0 Å². The summed E-state index contributed by atoms with van der Waals surface area (Å²) in [6.45, 7) is 7.52. The van der Waals surface area contributed by atoms with Crippen LogP contribution in [0.15, 0.2) is 54.6 Å². The van der Waals surface area contributed by atoms with E-state index >= 15 is 0 Å². The summed E-state index contributed by atoms with van der Waals surface area (Å²) in [5.74, 6) is -0.109. The molecule has 5 heteroatoms. The number of amides is 2. The van der Waals surface area contributed by atoms with Crippen LogP contribution in [-0.2, 0) is 4.79 Å². The van der Waals surface area contributed by atoms with Crippen LogP contribution in [0.2, 0.25) is 0 Å². The second-order valence-corrected chi connectivity index (χ2v) is 6.12. The van der Waals surface area contributed by atoms with Crippen molar-refractivity contribution in [3.63, 3.8) is 0 Å². The van der Waals surface area contributed by atoms with Gasteiger partial charge >= 0.3 is 0 Å². The molecule has 2 N–H and O–H groups in total. The average Bonchev–Trinajstić information content (AvgIpc) is 2.68. The van der Waals surface area contributed by atoms with E-state index in [0.717, 1.165) is 5.56 Å². The fraction of sp³-hybridized carbons (Fsp3) is 0.333. The highest BCUT2D eigenvalue weighted by Gasteiger charge is 2.12. The maximum Gasteiger partial charge on any atom is 0.253 e. The van der Waals surface area contributed by atoms with Crippen molar-refractivity contribution < 1.29 is 9.59 Å². The Morgan fingerprint density at radius 1 is 0.962 bits per heavy atom. The van der Waals surface area contributed by atoms with Crippen LogP contribution in [0.25, 0.3) is 0 Å². The first-order valence-electron chi connectivity index (χ1n) is 9.02. The first-order valence-corrected chi connectivity index (χ1v) is 9.02. The first kappa shape index (κ1) is 19.7. The molecular formula is C21H27N3O2. The van der Waals surface area contributed by atoms with Gasteiger partial charge < -0.3 is 15.5 Å². The number of rotatable bonds is 8. The third-order valence-electron chi connectivity index (χ3n) is 4.33. The molecule has 0 radical (unpaired) electrons. The SMILES string of the molecule is CCN(CC)C(=O)c1ccc(NC(=O)CNC(C)c2ccccc2)cc1. The van der Waals surface area contributed by atoms with E-state index in [9.17, 15) is 9.59 Å². The maximum absolute atomic E-state index is 12.3. The van der Waals surface area contributed by atoms with Gasteiger partial charge in [0.15, 0.2) is 0 Å². The maximum atomic E-state index is 12.3. The molecule has 0 aromatic heterocycles. The molecule has 2 aromatic rings. The number of hydrogen-bond acceptors (Lipinski definition) is 3. The minimum atomic E-state index is -0.115. The van der Waals surface area contributed by atoms with E-state index in [1.807, 2.05) is 51.1 Å². The minimum absolute atomic E-state index is 0.00577. The predicted molar refractivity (Wildman–Crippen MR) is 105 cm³/mol. The number of carbonyl (C=O) groups is 2. The molecule has 0 spiro atoms. The van der Waals surface area contributed by atoms with Gasteiger partial charge in [0.1, 0.15) is 0 Å². The Kier molecular flexibility index (Phi) is 7.36. The summed E-state index contributed by atoms with van der Waals surface area (Å²) < 4.78 is 0. The normalized spacial score (nSPS) is 11.7. The summed E-state index contributed by atoms with van der Waals surface area (Å²) in [5.41, 5.74) is 2.45. The minimum Gasteiger partial charge on any atom is -0.339 e. The summed E-state index contributed by atoms with van der Waals surface area (Å²) in [7, 11) is 0.